The van der Waals surface area contributed by atoms with Gasteiger partial charge in [-0.25, -0.2) is 0 Å². The molecule has 1 fully saturated rings. The van der Waals surface area contributed by atoms with Gasteiger partial charge in [0.05, 0.1) is 0 Å². The first-order valence-electron chi connectivity index (χ1n) is 6.03. The largest absolute Gasteiger partial charge is 0.372 e. The molecule has 1 aromatic rings. The van der Waals surface area contributed by atoms with Gasteiger partial charge in [-0.1, -0.05) is 6.07 Å². The molecule has 1 aliphatic heterocycles. The van der Waals surface area contributed by atoms with Crippen molar-refractivity contribution < 1.29 is 0 Å². The fraction of sp³-hybridized carbons (Fsp3) is 0.538. The summed E-state index contributed by atoms with van der Waals surface area (Å²) in [5.41, 5.74) is 15.3. The van der Waals surface area contributed by atoms with Crippen molar-refractivity contribution in [3.05, 3.63) is 29.3 Å². The Bertz CT molecular complexity index is 356. The number of hydrogen-bond donors (Lipinski definition) is 2. The van der Waals surface area contributed by atoms with E-state index >= 15 is 0 Å². The molecule has 1 aliphatic rings. The van der Waals surface area contributed by atoms with Crippen molar-refractivity contribution in [1.82, 2.24) is 0 Å². The minimum Gasteiger partial charge on any atom is -0.372 e. The Kier molecular flexibility index (Phi) is 3.46. The first-order chi connectivity index (χ1) is 7.72. The molecule has 1 saturated heterocycles. The van der Waals surface area contributed by atoms with Gasteiger partial charge in [0.2, 0.25) is 0 Å². The van der Waals surface area contributed by atoms with Crippen LogP contribution < -0.4 is 16.4 Å². The van der Waals surface area contributed by atoms with Crippen molar-refractivity contribution in [2.24, 2.45) is 11.5 Å². The lowest BCUT2D eigenvalue weighted by molar-refractivity contribution is 0.731. The zero-order valence-corrected chi connectivity index (χ0v) is 9.95. The van der Waals surface area contributed by atoms with E-state index in [1.165, 1.54) is 42.7 Å². The van der Waals surface area contributed by atoms with Crippen LogP contribution in [0.3, 0.4) is 0 Å². The monoisotopic (exact) mass is 219 g/mol. The average molecular weight is 219 g/mol. The van der Waals surface area contributed by atoms with Crippen LogP contribution in [-0.4, -0.2) is 19.6 Å². The van der Waals surface area contributed by atoms with E-state index in [4.69, 9.17) is 11.5 Å². The van der Waals surface area contributed by atoms with Gasteiger partial charge in [0.15, 0.2) is 0 Å². The van der Waals surface area contributed by atoms with Gasteiger partial charge in [-0.2, -0.15) is 0 Å². The van der Waals surface area contributed by atoms with E-state index in [1.807, 2.05) is 0 Å². The molecule has 0 radical (unpaired) electrons. The molecule has 1 unspecified atom stereocenters. The van der Waals surface area contributed by atoms with Crippen LogP contribution in [0.4, 0.5) is 5.69 Å². The summed E-state index contributed by atoms with van der Waals surface area (Å²) < 4.78 is 0. The molecule has 0 spiro atoms. The Balaban J connectivity index is 2.21. The van der Waals surface area contributed by atoms with Crippen molar-refractivity contribution in [3.63, 3.8) is 0 Å². The summed E-state index contributed by atoms with van der Waals surface area (Å²) in [6.07, 6.45) is 2.62. The van der Waals surface area contributed by atoms with Gasteiger partial charge in [0.1, 0.15) is 0 Å². The standard InChI is InChI=1S/C13H21N3/c1-10-8-11(16-6-2-3-7-16)4-5-12(10)13(15)9-14/h4-5,8,13H,2-3,6-7,9,14-15H2,1H3. The van der Waals surface area contributed by atoms with Crippen molar-refractivity contribution in [2.45, 2.75) is 25.8 Å². The van der Waals surface area contributed by atoms with E-state index in [1.54, 1.807) is 0 Å². The summed E-state index contributed by atoms with van der Waals surface area (Å²) in [5.74, 6) is 0. The smallest absolute Gasteiger partial charge is 0.0422 e. The number of anilines is 1. The summed E-state index contributed by atoms with van der Waals surface area (Å²) in [7, 11) is 0. The Labute approximate surface area is 97.4 Å². The van der Waals surface area contributed by atoms with Gasteiger partial charge >= 0.3 is 0 Å². The highest BCUT2D eigenvalue weighted by Crippen LogP contribution is 2.24. The molecule has 0 bridgehead atoms. The minimum absolute atomic E-state index is 0.0346. The lowest BCUT2D eigenvalue weighted by Gasteiger charge is -2.20. The molecule has 2 rings (SSSR count). The van der Waals surface area contributed by atoms with E-state index in [2.05, 4.69) is 30.0 Å². The van der Waals surface area contributed by atoms with Crippen LogP contribution in [0.1, 0.15) is 30.0 Å². The SMILES string of the molecule is Cc1cc(N2CCCC2)ccc1C(N)CN. The first kappa shape index (κ1) is 11.4. The molecular weight excluding hydrogens is 198 g/mol. The Morgan fingerprint density at radius 3 is 2.56 bits per heavy atom. The van der Waals surface area contributed by atoms with Crippen LogP contribution in [0.15, 0.2) is 18.2 Å². The van der Waals surface area contributed by atoms with Crippen LogP contribution in [0.5, 0.6) is 0 Å². The number of hydrogen-bond acceptors (Lipinski definition) is 3. The van der Waals surface area contributed by atoms with Gasteiger partial charge in [-0.15, -0.1) is 0 Å². The van der Waals surface area contributed by atoms with Crippen molar-refractivity contribution in [1.29, 1.82) is 0 Å². The Hall–Kier alpha value is -1.06. The fourth-order valence-electron chi connectivity index (χ4n) is 2.37. The molecule has 88 valence electrons. The molecule has 0 saturated carbocycles. The summed E-state index contributed by atoms with van der Waals surface area (Å²) in [6, 6.07) is 6.49. The summed E-state index contributed by atoms with van der Waals surface area (Å²) in [4.78, 5) is 2.44. The highest BCUT2D eigenvalue weighted by molar-refractivity contribution is 5.52. The number of nitrogens with two attached hydrogens (primary N) is 2. The van der Waals surface area contributed by atoms with Crippen molar-refractivity contribution in [3.8, 4) is 0 Å². The van der Waals surface area contributed by atoms with Crippen LogP contribution in [0.2, 0.25) is 0 Å². The maximum atomic E-state index is 5.96. The molecule has 0 aliphatic carbocycles. The normalized spacial score (nSPS) is 17.8. The maximum absolute atomic E-state index is 5.96. The van der Waals surface area contributed by atoms with Gasteiger partial charge < -0.3 is 16.4 Å². The van der Waals surface area contributed by atoms with Crippen LogP contribution in [0.25, 0.3) is 0 Å². The zero-order valence-electron chi connectivity index (χ0n) is 9.95. The average Bonchev–Trinajstić information content (AvgIpc) is 2.81. The topological polar surface area (TPSA) is 55.3 Å². The van der Waals surface area contributed by atoms with Crippen LogP contribution in [-0.2, 0) is 0 Å². The van der Waals surface area contributed by atoms with E-state index in [9.17, 15) is 0 Å². The number of benzene rings is 1. The highest BCUT2D eigenvalue weighted by atomic mass is 15.1. The second-order valence-electron chi connectivity index (χ2n) is 4.58. The fourth-order valence-corrected chi connectivity index (χ4v) is 2.37. The molecular formula is C13H21N3. The van der Waals surface area contributed by atoms with E-state index < -0.39 is 0 Å². The molecule has 16 heavy (non-hydrogen) atoms. The molecule has 3 heteroatoms. The Morgan fingerprint density at radius 1 is 1.31 bits per heavy atom. The highest BCUT2D eigenvalue weighted by Gasteiger charge is 2.14. The van der Waals surface area contributed by atoms with E-state index in [0.717, 1.165) is 0 Å². The molecule has 0 amide bonds. The molecule has 1 atom stereocenters. The third kappa shape index (κ3) is 2.20. The number of nitrogens with zero attached hydrogens (tertiary/aromatic N) is 1. The van der Waals surface area contributed by atoms with Crippen LogP contribution in [0, 0.1) is 6.92 Å². The molecule has 4 N–H and O–H groups in total. The molecule has 1 aromatic carbocycles. The lowest BCUT2D eigenvalue weighted by Crippen LogP contribution is -2.22. The number of rotatable bonds is 3. The first-order valence-corrected chi connectivity index (χ1v) is 6.03. The second kappa shape index (κ2) is 4.85. The lowest BCUT2D eigenvalue weighted by atomic mass is 10.0. The summed E-state index contributed by atoms with van der Waals surface area (Å²) in [6.45, 7) is 4.98. The zero-order chi connectivity index (χ0) is 11.5. The summed E-state index contributed by atoms with van der Waals surface area (Å²) >= 11 is 0. The quantitative estimate of drug-likeness (QED) is 0.811. The molecule has 1 heterocycles. The van der Waals surface area contributed by atoms with Crippen molar-refractivity contribution in [2.75, 3.05) is 24.5 Å². The second-order valence-corrected chi connectivity index (χ2v) is 4.58. The third-order valence-electron chi connectivity index (χ3n) is 3.38. The van der Waals surface area contributed by atoms with Crippen molar-refractivity contribution >= 4 is 5.69 Å². The van der Waals surface area contributed by atoms with Crippen LogP contribution >= 0.6 is 0 Å². The van der Waals surface area contributed by atoms with Gasteiger partial charge in [0, 0.05) is 31.4 Å². The third-order valence-corrected chi connectivity index (χ3v) is 3.38. The summed E-state index contributed by atoms with van der Waals surface area (Å²) in [5, 5.41) is 0. The van der Waals surface area contributed by atoms with Gasteiger partial charge in [0.25, 0.3) is 0 Å². The number of aryl methyl sites for hydroxylation is 1. The minimum atomic E-state index is -0.0346. The van der Waals surface area contributed by atoms with Gasteiger partial charge in [-0.3, -0.25) is 0 Å². The molecule has 3 nitrogen and oxygen atoms in total. The van der Waals surface area contributed by atoms with Gasteiger partial charge in [-0.05, 0) is 43.0 Å². The molecule has 0 aromatic heterocycles. The van der Waals surface area contributed by atoms with E-state index in [-0.39, 0.29) is 6.04 Å². The maximum Gasteiger partial charge on any atom is 0.0422 e. The Morgan fingerprint density at radius 2 is 2.00 bits per heavy atom. The predicted molar refractivity (Wildman–Crippen MR) is 68.6 cm³/mol. The predicted octanol–water partition coefficient (Wildman–Crippen LogP) is 1.55. The van der Waals surface area contributed by atoms with E-state index in [0.29, 0.717) is 6.54 Å².